The first-order valence-electron chi connectivity index (χ1n) is 5.82. The summed E-state index contributed by atoms with van der Waals surface area (Å²) < 4.78 is 5.48. The van der Waals surface area contributed by atoms with Gasteiger partial charge in [-0.1, -0.05) is 6.92 Å². The highest BCUT2D eigenvalue weighted by atomic mass is 16.5. The van der Waals surface area contributed by atoms with E-state index in [2.05, 4.69) is 16.8 Å². The van der Waals surface area contributed by atoms with Crippen molar-refractivity contribution in [3.8, 4) is 0 Å². The summed E-state index contributed by atoms with van der Waals surface area (Å²) in [6, 6.07) is 4.27. The van der Waals surface area contributed by atoms with Gasteiger partial charge in [0.15, 0.2) is 0 Å². The second-order valence-corrected chi connectivity index (χ2v) is 4.15. The summed E-state index contributed by atoms with van der Waals surface area (Å²) >= 11 is 0. The Kier molecular flexibility index (Phi) is 3.74. The molecule has 1 aliphatic heterocycles. The van der Waals surface area contributed by atoms with Gasteiger partial charge in [-0.05, 0) is 18.6 Å². The Morgan fingerprint density at radius 1 is 1.62 bits per heavy atom. The van der Waals surface area contributed by atoms with Crippen LogP contribution in [0.25, 0.3) is 0 Å². The molecule has 88 valence electrons. The molecule has 4 heteroatoms. The third kappa shape index (κ3) is 2.51. The molecule has 0 spiro atoms. The molecule has 0 amide bonds. The summed E-state index contributed by atoms with van der Waals surface area (Å²) in [5.41, 5.74) is 7.66. The van der Waals surface area contributed by atoms with Gasteiger partial charge in [0.05, 0.1) is 24.6 Å². The van der Waals surface area contributed by atoms with Crippen LogP contribution in [0.2, 0.25) is 0 Å². The van der Waals surface area contributed by atoms with Crippen LogP contribution in [0, 0.1) is 0 Å². The van der Waals surface area contributed by atoms with E-state index in [4.69, 9.17) is 10.5 Å². The van der Waals surface area contributed by atoms with Crippen LogP contribution in [0.1, 0.15) is 19.0 Å². The average molecular weight is 221 g/mol. The van der Waals surface area contributed by atoms with Crippen molar-refractivity contribution in [3.05, 3.63) is 24.0 Å². The number of nitrogens with zero attached hydrogens (tertiary/aromatic N) is 2. The molecule has 1 aromatic heterocycles. The van der Waals surface area contributed by atoms with Gasteiger partial charge in [0.25, 0.3) is 0 Å². The maximum atomic E-state index is 5.90. The molecule has 0 aliphatic carbocycles. The third-order valence-corrected chi connectivity index (χ3v) is 3.10. The number of nitrogens with two attached hydrogens (primary N) is 1. The summed E-state index contributed by atoms with van der Waals surface area (Å²) in [6.45, 7) is 5.61. The zero-order valence-corrected chi connectivity index (χ0v) is 9.72. The molecule has 1 aliphatic rings. The average Bonchev–Trinajstić information content (AvgIpc) is 2.33. The maximum Gasteiger partial charge on any atom is 0.0772 e. The van der Waals surface area contributed by atoms with E-state index in [1.807, 2.05) is 12.1 Å². The van der Waals surface area contributed by atoms with Gasteiger partial charge in [0.1, 0.15) is 0 Å². The van der Waals surface area contributed by atoms with Crippen molar-refractivity contribution in [2.75, 3.05) is 25.5 Å². The van der Waals surface area contributed by atoms with Crippen molar-refractivity contribution < 1.29 is 4.74 Å². The molecule has 0 aromatic carbocycles. The first-order valence-corrected chi connectivity index (χ1v) is 5.82. The number of anilines is 1. The lowest BCUT2D eigenvalue weighted by Gasteiger charge is -2.34. The van der Waals surface area contributed by atoms with Gasteiger partial charge in [-0.3, -0.25) is 9.88 Å². The van der Waals surface area contributed by atoms with E-state index in [0.29, 0.717) is 6.04 Å². The number of hydrogen-bond donors (Lipinski definition) is 1. The van der Waals surface area contributed by atoms with Crippen molar-refractivity contribution in [3.63, 3.8) is 0 Å². The lowest BCUT2D eigenvalue weighted by atomic mass is 10.1. The highest BCUT2D eigenvalue weighted by Gasteiger charge is 2.22. The Morgan fingerprint density at radius 3 is 3.25 bits per heavy atom. The quantitative estimate of drug-likeness (QED) is 0.835. The molecule has 2 rings (SSSR count). The molecule has 1 saturated heterocycles. The molecule has 2 N–H and O–H groups in total. The van der Waals surface area contributed by atoms with Crippen molar-refractivity contribution in [1.82, 2.24) is 9.88 Å². The Balaban J connectivity index is 2.05. The smallest absolute Gasteiger partial charge is 0.0772 e. The Morgan fingerprint density at radius 2 is 2.50 bits per heavy atom. The molecule has 0 saturated carbocycles. The van der Waals surface area contributed by atoms with Crippen LogP contribution >= 0.6 is 0 Å². The van der Waals surface area contributed by atoms with Crippen LogP contribution < -0.4 is 5.73 Å². The molecule has 1 atom stereocenters. The van der Waals surface area contributed by atoms with Crippen LogP contribution in [-0.2, 0) is 11.3 Å². The fourth-order valence-corrected chi connectivity index (χ4v) is 2.05. The summed E-state index contributed by atoms with van der Waals surface area (Å²) in [5, 5.41) is 0. The van der Waals surface area contributed by atoms with Crippen molar-refractivity contribution in [2.24, 2.45) is 0 Å². The minimum atomic E-state index is 0.496. The third-order valence-electron chi connectivity index (χ3n) is 3.10. The second kappa shape index (κ2) is 5.27. The van der Waals surface area contributed by atoms with Gasteiger partial charge < -0.3 is 10.5 Å². The monoisotopic (exact) mass is 221 g/mol. The van der Waals surface area contributed by atoms with Crippen LogP contribution in [0.4, 0.5) is 5.69 Å². The van der Waals surface area contributed by atoms with Gasteiger partial charge in [-0.15, -0.1) is 0 Å². The molecule has 1 unspecified atom stereocenters. The largest absolute Gasteiger partial charge is 0.397 e. The minimum absolute atomic E-state index is 0.496. The van der Waals surface area contributed by atoms with Crippen molar-refractivity contribution >= 4 is 5.69 Å². The summed E-state index contributed by atoms with van der Waals surface area (Å²) in [5.74, 6) is 0. The lowest BCUT2D eigenvalue weighted by Crippen LogP contribution is -2.44. The van der Waals surface area contributed by atoms with Gasteiger partial charge in [-0.25, -0.2) is 0 Å². The lowest BCUT2D eigenvalue weighted by molar-refractivity contribution is -0.0131. The van der Waals surface area contributed by atoms with E-state index < -0.39 is 0 Å². The first kappa shape index (κ1) is 11.4. The van der Waals surface area contributed by atoms with E-state index in [1.54, 1.807) is 6.20 Å². The van der Waals surface area contributed by atoms with E-state index in [1.165, 1.54) is 0 Å². The fraction of sp³-hybridized carbons (Fsp3) is 0.583. The molecular formula is C12H19N3O. The van der Waals surface area contributed by atoms with E-state index >= 15 is 0 Å². The van der Waals surface area contributed by atoms with Crippen LogP contribution in [0.5, 0.6) is 0 Å². The van der Waals surface area contributed by atoms with Crippen molar-refractivity contribution in [2.45, 2.75) is 25.9 Å². The Hall–Kier alpha value is -1.13. The molecule has 0 radical (unpaired) electrons. The molecular weight excluding hydrogens is 202 g/mol. The van der Waals surface area contributed by atoms with Crippen LogP contribution in [-0.4, -0.2) is 35.7 Å². The highest BCUT2D eigenvalue weighted by Crippen LogP contribution is 2.16. The number of nitrogen functional groups attached to an aromatic ring is 1. The zero-order chi connectivity index (χ0) is 11.4. The maximum absolute atomic E-state index is 5.90. The van der Waals surface area contributed by atoms with Crippen LogP contribution in [0.3, 0.4) is 0 Å². The van der Waals surface area contributed by atoms with E-state index in [9.17, 15) is 0 Å². The summed E-state index contributed by atoms with van der Waals surface area (Å²) in [6.07, 6.45) is 2.90. The number of aromatic nitrogens is 1. The molecule has 0 bridgehead atoms. The molecule has 2 heterocycles. The highest BCUT2D eigenvalue weighted by molar-refractivity contribution is 5.41. The predicted molar refractivity (Wildman–Crippen MR) is 64.0 cm³/mol. The summed E-state index contributed by atoms with van der Waals surface area (Å²) in [4.78, 5) is 6.74. The minimum Gasteiger partial charge on any atom is -0.397 e. The van der Waals surface area contributed by atoms with Gasteiger partial charge in [0.2, 0.25) is 0 Å². The Labute approximate surface area is 96.4 Å². The topological polar surface area (TPSA) is 51.4 Å². The van der Waals surface area contributed by atoms with Gasteiger partial charge in [0, 0.05) is 25.3 Å². The van der Waals surface area contributed by atoms with Crippen LogP contribution in [0.15, 0.2) is 18.3 Å². The summed E-state index contributed by atoms with van der Waals surface area (Å²) in [7, 11) is 0. The normalized spacial score (nSPS) is 22.2. The second-order valence-electron chi connectivity index (χ2n) is 4.15. The Bertz CT molecular complexity index is 343. The van der Waals surface area contributed by atoms with Crippen molar-refractivity contribution in [1.29, 1.82) is 0 Å². The first-order chi connectivity index (χ1) is 7.81. The standard InChI is InChI=1S/C12H19N3O/c1-2-10-9-16-7-6-15(10)8-12-11(13)4-3-5-14-12/h3-5,10H,2,6-9,13H2,1H3. The zero-order valence-electron chi connectivity index (χ0n) is 9.72. The fourth-order valence-electron chi connectivity index (χ4n) is 2.05. The van der Waals surface area contributed by atoms with E-state index in [0.717, 1.165) is 44.1 Å². The number of rotatable bonds is 3. The van der Waals surface area contributed by atoms with Gasteiger partial charge >= 0.3 is 0 Å². The molecule has 4 nitrogen and oxygen atoms in total. The van der Waals surface area contributed by atoms with Gasteiger partial charge in [-0.2, -0.15) is 0 Å². The molecule has 1 fully saturated rings. The number of pyridine rings is 1. The SMILES string of the molecule is CCC1COCCN1Cc1ncccc1N. The predicted octanol–water partition coefficient (Wildman–Crippen LogP) is 1.27. The van der Waals surface area contributed by atoms with E-state index in [-0.39, 0.29) is 0 Å². The molecule has 1 aromatic rings. The number of ether oxygens (including phenoxy) is 1. The number of hydrogen-bond acceptors (Lipinski definition) is 4. The molecule has 16 heavy (non-hydrogen) atoms. The number of morpholine rings is 1.